The predicted molar refractivity (Wildman–Crippen MR) is 126 cm³/mol. The molecule has 34 heavy (non-hydrogen) atoms. The van der Waals surface area contributed by atoms with Gasteiger partial charge in [0.05, 0.1) is 24.8 Å². The van der Waals surface area contributed by atoms with Crippen LogP contribution in [0.2, 0.25) is 0 Å². The van der Waals surface area contributed by atoms with Gasteiger partial charge in [-0.3, -0.25) is 0 Å². The topological polar surface area (TPSA) is 112 Å². The first-order valence-electron chi connectivity index (χ1n) is 11.1. The first-order valence-corrected chi connectivity index (χ1v) is 11.1. The first kappa shape index (κ1) is 23.3. The Morgan fingerprint density at radius 3 is 2.32 bits per heavy atom. The standard InChI is InChI=1S/C27H26N2O5/c1-33-25-11-10-17(15-28)14-22(25)26(31)24(30)12-13-29-27(32)34-16-23-20-8-4-2-6-18(20)19-7-3-5-9-21(19)23/h2-11,14,23-24,26,30-31H,12-13,16H2,1H3,(H,29,32). The number of carbonyl (C=O) groups is 1. The van der Waals surface area contributed by atoms with Crippen molar-refractivity contribution in [2.24, 2.45) is 0 Å². The summed E-state index contributed by atoms with van der Waals surface area (Å²) in [7, 11) is 1.45. The highest BCUT2D eigenvalue weighted by molar-refractivity contribution is 5.79. The maximum atomic E-state index is 12.3. The molecule has 1 aliphatic rings. The lowest BCUT2D eigenvalue weighted by Gasteiger charge is -2.21. The average molecular weight is 459 g/mol. The van der Waals surface area contributed by atoms with Gasteiger partial charge >= 0.3 is 6.09 Å². The molecule has 0 saturated heterocycles. The lowest BCUT2D eigenvalue weighted by Crippen LogP contribution is -2.30. The highest BCUT2D eigenvalue weighted by atomic mass is 16.5. The normalized spacial score (nSPS) is 13.8. The molecular weight excluding hydrogens is 432 g/mol. The van der Waals surface area contributed by atoms with Gasteiger partial charge in [0.25, 0.3) is 0 Å². The van der Waals surface area contributed by atoms with Gasteiger partial charge in [0.1, 0.15) is 18.5 Å². The van der Waals surface area contributed by atoms with E-state index < -0.39 is 18.3 Å². The number of carbonyl (C=O) groups excluding carboxylic acids is 1. The number of hydrogen-bond acceptors (Lipinski definition) is 6. The molecule has 0 radical (unpaired) electrons. The Bertz CT molecular complexity index is 1170. The van der Waals surface area contributed by atoms with Crippen molar-refractivity contribution < 1.29 is 24.5 Å². The van der Waals surface area contributed by atoms with E-state index >= 15 is 0 Å². The van der Waals surface area contributed by atoms with Gasteiger partial charge in [0, 0.05) is 18.0 Å². The van der Waals surface area contributed by atoms with Crippen LogP contribution in [0.4, 0.5) is 4.79 Å². The van der Waals surface area contributed by atoms with Crippen molar-refractivity contribution in [3.05, 3.63) is 89.0 Å². The summed E-state index contributed by atoms with van der Waals surface area (Å²) >= 11 is 0. The summed E-state index contributed by atoms with van der Waals surface area (Å²) in [5, 5.41) is 32.7. The Hall–Kier alpha value is -3.86. The maximum absolute atomic E-state index is 12.3. The van der Waals surface area contributed by atoms with Gasteiger partial charge in [-0.15, -0.1) is 0 Å². The number of alkyl carbamates (subject to hydrolysis) is 1. The third-order valence-electron chi connectivity index (χ3n) is 6.10. The Labute approximate surface area is 198 Å². The van der Waals surface area contributed by atoms with Gasteiger partial charge in [-0.2, -0.15) is 5.26 Å². The summed E-state index contributed by atoms with van der Waals surface area (Å²) in [6.07, 6.45) is -2.94. The van der Waals surface area contributed by atoms with Crippen molar-refractivity contribution in [3.8, 4) is 22.9 Å². The molecule has 0 fully saturated rings. The molecule has 0 aliphatic heterocycles. The van der Waals surface area contributed by atoms with E-state index in [9.17, 15) is 15.0 Å². The van der Waals surface area contributed by atoms with Gasteiger partial charge in [-0.05, 0) is 46.9 Å². The molecule has 1 aliphatic carbocycles. The molecule has 7 nitrogen and oxygen atoms in total. The number of aliphatic hydroxyl groups is 2. The second-order valence-electron chi connectivity index (χ2n) is 8.12. The molecular formula is C27H26N2O5. The molecule has 2 unspecified atom stereocenters. The molecule has 1 amide bonds. The minimum absolute atomic E-state index is 0.0366. The van der Waals surface area contributed by atoms with Crippen molar-refractivity contribution in [1.82, 2.24) is 5.32 Å². The van der Waals surface area contributed by atoms with Crippen LogP contribution >= 0.6 is 0 Å². The summed E-state index contributed by atoms with van der Waals surface area (Å²) in [6.45, 7) is 0.304. The summed E-state index contributed by atoms with van der Waals surface area (Å²) in [6, 6.07) is 22.8. The van der Waals surface area contributed by atoms with Crippen molar-refractivity contribution in [3.63, 3.8) is 0 Å². The molecule has 3 N–H and O–H groups in total. The SMILES string of the molecule is COc1ccc(C#N)cc1C(O)C(O)CCNC(=O)OCC1c2ccccc2-c2ccccc21. The zero-order chi connectivity index (χ0) is 24.1. The van der Waals surface area contributed by atoms with Gasteiger partial charge in [-0.25, -0.2) is 4.79 Å². The molecule has 2 atom stereocenters. The van der Waals surface area contributed by atoms with E-state index in [0.29, 0.717) is 16.9 Å². The van der Waals surface area contributed by atoms with Crippen molar-refractivity contribution >= 4 is 6.09 Å². The average Bonchev–Trinajstić information content (AvgIpc) is 3.20. The predicted octanol–water partition coefficient (Wildman–Crippen LogP) is 3.89. The van der Waals surface area contributed by atoms with Crippen LogP contribution in [0.5, 0.6) is 5.75 Å². The van der Waals surface area contributed by atoms with Crippen LogP contribution in [0.1, 0.15) is 40.7 Å². The number of aliphatic hydroxyl groups excluding tert-OH is 2. The fourth-order valence-corrected chi connectivity index (χ4v) is 4.37. The summed E-state index contributed by atoms with van der Waals surface area (Å²) in [5.74, 6) is 0.334. The Morgan fingerprint density at radius 1 is 1.06 bits per heavy atom. The Kier molecular flexibility index (Phi) is 7.12. The summed E-state index contributed by atoms with van der Waals surface area (Å²) < 4.78 is 10.7. The number of amides is 1. The smallest absolute Gasteiger partial charge is 0.407 e. The van der Waals surface area contributed by atoms with E-state index in [2.05, 4.69) is 29.6 Å². The van der Waals surface area contributed by atoms with Crippen LogP contribution in [0.15, 0.2) is 66.7 Å². The van der Waals surface area contributed by atoms with E-state index in [1.54, 1.807) is 12.1 Å². The van der Waals surface area contributed by atoms with Crippen LogP contribution in [-0.4, -0.2) is 42.7 Å². The van der Waals surface area contributed by atoms with Crippen LogP contribution in [-0.2, 0) is 4.74 Å². The van der Waals surface area contributed by atoms with Crippen LogP contribution in [0.25, 0.3) is 11.1 Å². The maximum Gasteiger partial charge on any atom is 0.407 e. The molecule has 3 aromatic carbocycles. The lowest BCUT2D eigenvalue weighted by atomic mass is 9.98. The second-order valence-corrected chi connectivity index (χ2v) is 8.12. The zero-order valence-electron chi connectivity index (χ0n) is 18.8. The van der Waals surface area contributed by atoms with Crippen LogP contribution < -0.4 is 10.1 Å². The minimum Gasteiger partial charge on any atom is -0.496 e. The number of nitrogens with one attached hydrogen (secondary N) is 1. The molecule has 0 spiro atoms. The summed E-state index contributed by atoms with van der Waals surface area (Å²) in [4.78, 5) is 12.3. The van der Waals surface area contributed by atoms with Gasteiger partial charge in [0.15, 0.2) is 0 Å². The molecule has 3 aromatic rings. The van der Waals surface area contributed by atoms with Gasteiger partial charge in [-0.1, -0.05) is 48.5 Å². The number of ether oxygens (including phenoxy) is 2. The third-order valence-corrected chi connectivity index (χ3v) is 6.10. The molecule has 174 valence electrons. The van der Waals surface area contributed by atoms with Crippen LogP contribution in [0.3, 0.4) is 0 Å². The zero-order valence-corrected chi connectivity index (χ0v) is 18.8. The van der Waals surface area contributed by atoms with Crippen molar-refractivity contribution in [1.29, 1.82) is 5.26 Å². The largest absolute Gasteiger partial charge is 0.496 e. The Balaban J connectivity index is 1.30. The first-order chi connectivity index (χ1) is 16.5. The fourth-order valence-electron chi connectivity index (χ4n) is 4.37. The number of fused-ring (bicyclic) bond motifs is 3. The van der Waals surface area contributed by atoms with Gasteiger partial charge < -0.3 is 25.0 Å². The van der Waals surface area contributed by atoms with E-state index in [1.807, 2.05) is 30.3 Å². The van der Waals surface area contributed by atoms with E-state index in [0.717, 1.165) is 22.3 Å². The summed E-state index contributed by atoms with van der Waals surface area (Å²) in [5.41, 5.74) is 5.22. The molecule has 0 bridgehead atoms. The molecule has 7 heteroatoms. The van der Waals surface area contributed by atoms with Crippen LogP contribution in [0, 0.1) is 11.3 Å². The molecule has 0 heterocycles. The number of rotatable bonds is 8. The fraction of sp³-hybridized carbons (Fsp3) is 0.259. The van der Waals surface area contributed by atoms with E-state index in [4.69, 9.17) is 14.7 Å². The number of hydrogen-bond donors (Lipinski definition) is 3. The molecule has 0 saturated carbocycles. The highest BCUT2D eigenvalue weighted by Gasteiger charge is 2.29. The quantitative estimate of drug-likeness (QED) is 0.472. The second kappa shape index (κ2) is 10.4. The molecule has 0 aromatic heterocycles. The third kappa shape index (κ3) is 4.74. The molecule has 4 rings (SSSR count). The van der Waals surface area contributed by atoms with Crippen molar-refractivity contribution in [2.45, 2.75) is 24.5 Å². The van der Waals surface area contributed by atoms with Crippen molar-refractivity contribution in [2.75, 3.05) is 20.3 Å². The Morgan fingerprint density at radius 2 is 1.71 bits per heavy atom. The van der Waals surface area contributed by atoms with Gasteiger partial charge in [0.2, 0.25) is 0 Å². The lowest BCUT2D eigenvalue weighted by molar-refractivity contribution is 0.0123. The minimum atomic E-state index is -1.27. The van der Waals surface area contributed by atoms with E-state index in [-0.39, 0.29) is 25.5 Å². The number of methoxy groups -OCH3 is 1. The number of nitriles is 1. The highest BCUT2D eigenvalue weighted by Crippen LogP contribution is 2.44. The van der Waals surface area contributed by atoms with E-state index in [1.165, 1.54) is 13.2 Å². The monoisotopic (exact) mass is 458 g/mol. The number of benzene rings is 3. The number of nitrogens with zero attached hydrogens (tertiary/aromatic N) is 1.